The summed E-state index contributed by atoms with van der Waals surface area (Å²) in [5.74, 6) is -1.56. The van der Waals surface area contributed by atoms with Crippen LogP contribution in [0.4, 0.5) is 11.4 Å². The second-order valence-electron chi connectivity index (χ2n) is 7.09. The number of likely N-dealkylation sites (tertiary alicyclic amines) is 1. The van der Waals surface area contributed by atoms with Gasteiger partial charge in [0.15, 0.2) is 0 Å². The lowest BCUT2D eigenvalue weighted by Gasteiger charge is -2.36. The second kappa shape index (κ2) is 6.38. The van der Waals surface area contributed by atoms with E-state index in [2.05, 4.69) is 5.32 Å². The van der Waals surface area contributed by atoms with Crippen LogP contribution < -0.4 is 10.2 Å². The van der Waals surface area contributed by atoms with Crippen LogP contribution in [-0.4, -0.2) is 54.0 Å². The van der Waals surface area contributed by atoms with Gasteiger partial charge in [0.25, 0.3) is 5.91 Å². The number of carboxylic acid groups (broad SMARTS) is 1. The number of piperidine rings is 1. The van der Waals surface area contributed by atoms with Gasteiger partial charge in [-0.25, -0.2) is 0 Å². The van der Waals surface area contributed by atoms with Crippen molar-refractivity contribution < 1.29 is 19.5 Å². The molecule has 0 aromatic heterocycles. The van der Waals surface area contributed by atoms with E-state index in [0.29, 0.717) is 24.2 Å². The maximum Gasteiger partial charge on any atom is 0.308 e. The first-order valence-electron chi connectivity index (χ1n) is 8.47. The summed E-state index contributed by atoms with van der Waals surface area (Å²) in [4.78, 5) is 39.6. The highest BCUT2D eigenvalue weighted by molar-refractivity contribution is 6.05. The Morgan fingerprint density at radius 1 is 1.24 bits per heavy atom. The van der Waals surface area contributed by atoms with Gasteiger partial charge in [-0.2, -0.15) is 0 Å². The molecule has 7 nitrogen and oxygen atoms in total. The summed E-state index contributed by atoms with van der Waals surface area (Å²) in [5.41, 5.74) is 1.93. The number of hydrogen-bond acceptors (Lipinski definition) is 4. The van der Waals surface area contributed by atoms with Crippen LogP contribution in [0.2, 0.25) is 0 Å². The van der Waals surface area contributed by atoms with Crippen LogP contribution in [0, 0.1) is 11.8 Å². The number of carboxylic acids is 1. The Morgan fingerprint density at radius 2 is 1.96 bits per heavy atom. The molecule has 0 radical (unpaired) electrons. The van der Waals surface area contributed by atoms with Gasteiger partial charge in [0.2, 0.25) is 5.91 Å². The quantitative estimate of drug-likeness (QED) is 0.851. The number of carbonyl (C=O) groups is 3. The maximum atomic E-state index is 12.8. The number of aliphatic carboxylic acids is 1. The Bertz CT molecular complexity index is 733. The molecule has 134 valence electrons. The summed E-state index contributed by atoms with van der Waals surface area (Å²) >= 11 is 0. The van der Waals surface area contributed by atoms with E-state index in [-0.39, 0.29) is 30.3 Å². The van der Waals surface area contributed by atoms with Gasteiger partial charge >= 0.3 is 5.97 Å². The molecule has 2 aliphatic heterocycles. The van der Waals surface area contributed by atoms with E-state index < -0.39 is 11.9 Å². The van der Waals surface area contributed by atoms with E-state index in [9.17, 15) is 19.5 Å². The Balaban J connectivity index is 1.85. The molecule has 2 N–H and O–H groups in total. The molecule has 25 heavy (non-hydrogen) atoms. The van der Waals surface area contributed by atoms with Crippen LogP contribution in [0.3, 0.4) is 0 Å². The first-order valence-corrected chi connectivity index (χ1v) is 8.47. The average Bonchev–Trinajstić information content (AvgIpc) is 2.58. The third-order valence-corrected chi connectivity index (χ3v) is 5.14. The highest BCUT2D eigenvalue weighted by atomic mass is 16.4. The van der Waals surface area contributed by atoms with E-state index in [1.54, 1.807) is 17.0 Å². The number of rotatable bonds is 2. The summed E-state index contributed by atoms with van der Waals surface area (Å²) in [7, 11) is 1.84. The summed E-state index contributed by atoms with van der Waals surface area (Å²) in [5, 5.41) is 12.1. The molecule has 3 atom stereocenters. The normalized spacial score (nSPS) is 26.0. The summed E-state index contributed by atoms with van der Waals surface area (Å²) in [6.07, 6.45) is 0.585. The van der Waals surface area contributed by atoms with Gasteiger partial charge in [-0.15, -0.1) is 0 Å². The zero-order valence-corrected chi connectivity index (χ0v) is 14.7. The van der Waals surface area contributed by atoms with Gasteiger partial charge in [0.1, 0.15) is 6.04 Å². The van der Waals surface area contributed by atoms with Crippen LogP contribution >= 0.6 is 0 Å². The molecule has 0 bridgehead atoms. The van der Waals surface area contributed by atoms with Crippen LogP contribution in [0.25, 0.3) is 0 Å². The number of nitrogens with zero attached hydrogens (tertiary/aromatic N) is 2. The van der Waals surface area contributed by atoms with Crippen LogP contribution in [0.15, 0.2) is 18.2 Å². The third-order valence-electron chi connectivity index (χ3n) is 5.14. The van der Waals surface area contributed by atoms with Crippen molar-refractivity contribution >= 4 is 29.2 Å². The Hall–Kier alpha value is -2.57. The maximum absolute atomic E-state index is 12.8. The van der Waals surface area contributed by atoms with Gasteiger partial charge in [-0.1, -0.05) is 6.92 Å². The zero-order valence-electron chi connectivity index (χ0n) is 14.7. The fraction of sp³-hybridized carbons (Fsp3) is 0.500. The molecule has 0 saturated carbocycles. The third kappa shape index (κ3) is 3.18. The molecular formula is C18H23N3O4. The van der Waals surface area contributed by atoms with E-state index in [0.717, 1.165) is 5.69 Å². The van der Waals surface area contributed by atoms with Crippen molar-refractivity contribution in [3.8, 4) is 0 Å². The van der Waals surface area contributed by atoms with Gasteiger partial charge in [-0.3, -0.25) is 14.4 Å². The molecule has 1 aromatic rings. The highest BCUT2D eigenvalue weighted by Crippen LogP contribution is 2.32. The van der Waals surface area contributed by atoms with Crippen molar-refractivity contribution in [3.63, 3.8) is 0 Å². The van der Waals surface area contributed by atoms with Crippen LogP contribution in [0.1, 0.15) is 30.6 Å². The summed E-state index contributed by atoms with van der Waals surface area (Å²) < 4.78 is 0. The number of nitrogens with one attached hydrogen (secondary N) is 1. The molecule has 2 amide bonds. The highest BCUT2D eigenvalue weighted by Gasteiger charge is 2.33. The number of carbonyl (C=O) groups excluding carboxylic acids is 2. The minimum absolute atomic E-state index is 0.114. The Labute approximate surface area is 146 Å². The summed E-state index contributed by atoms with van der Waals surface area (Å²) in [6, 6.07) is 4.96. The van der Waals surface area contributed by atoms with Gasteiger partial charge in [0.05, 0.1) is 17.3 Å². The van der Waals surface area contributed by atoms with Crippen molar-refractivity contribution in [3.05, 3.63) is 23.8 Å². The molecule has 0 aliphatic carbocycles. The molecule has 1 fully saturated rings. The number of hydrogen-bond donors (Lipinski definition) is 2. The first-order chi connectivity index (χ1) is 11.8. The predicted molar refractivity (Wildman–Crippen MR) is 93.7 cm³/mol. The van der Waals surface area contributed by atoms with E-state index in [1.165, 1.54) is 0 Å². The van der Waals surface area contributed by atoms with Gasteiger partial charge in [-0.05, 0) is 37.5 Å². The molecule has 3 rings (SSSR count). The number of likely N-dealkylation sites (N-methyl/N-ethyl adjacent to an activating group) is 1. The Morgan fingerprint density at radius 3 is 2.64 bits per heavy atom. The SMILES string of the molecule is CC1CC(C(=O)O)CN(C(=O)c2ccc3c(c2)NC(=O)C(C)N3C)C1. The second-order valence-corrected chi connectivity index (χ2v) is 7.09. The molecule has 2 aliphatic rings. The van der Waals surface area contributed by atoms with Gasteiger partial charge in [0, 0.05) is 25.7 Å². The van der Waals surface area contributed by atoms with Crippen molar-refractivity contribution in [2.45, 2.75) is 26.3 Å². The molecule has 3 unspecified atom stereocenters. The lowest BCUT2D eigenvalue weighted by atomic mass is 9.90. The van der Waals surface area contributed by atoms with Crippen molar-refractivity contribution in [2.75, 3.05) is 30.4 Å². The molecule has 0 spiro atoms. The average molecular weight is 345 g/mol. The van der Waals surface area contributed by atoms with E-state index >= 15 is 0 Å². The smallest absolute Gasteiger partial charge is 0.308 e. The monoisotopic (exact) mass is 345 g/mol. The predicted octanol–water partition coefficient (Wildman–Crippen LogP) is 1.65. The Kier molecular flexibility index (Phi) is 4.41. The zero-order chi connectivity index (χ0) is 18.3. The minimum atomic E-state index is -0.863. The largest absolute Gasteiger partial charge is 0.481 e. The number of benzene rings is 1. The fourth-order valence-corrected chi connectivity index (χ4v) is 3.58. The first kappa shape index (κ1) is 17.3. The number of amides is 2. The summed E-state index contributed by atoms with van der Waals surface area (Å²) in [6.45, 7) is 4.54. The lowest BCUT2D eigenvalue weighted by molar-refractivity contribution is -0.143. The molecule has 2 heterocycles. The molecular weight excluding hydrogens is 322 g/mol. The number of anilines is 2. The fourth-order valence-electron chi connectivity index (χ4n) is 3.58. The van der Waals surface area contributed by atoms with Crippen molar-refractivity contribution in [1.29, 1.82) is 0 Å². The lowest BCUT2D eigenvalue weighted by Crippen LogP contribution is -2.46. The molecule has 1 saturated heterocycles. The van der Waals surface area contributed by atoms with Crippen LogP contribution in [0.5, 0.6) is 0 Å². The van der Waals surface area contributed by atoms with E-state index in [4.69, 9.17) is 0 Å². The number of fused-ring (bicyclic) bond motifs is 1. The molecule has 1 aromatic carbocycles. The van der Waals surface area contributed by atoms with Crippen molar-refractivity contribution in [2.24, 2.45) is 11.8 Å². The van der Waals surface area contributed by atoms with Crippen LogP contribution in [-0.2, 0) is 9.59 Å². The standard InChI is InChI=1S/C18H23N3O4/c1-10-6-13(18(24)25)9-21(8-10)17(23)12-4-5-15-14(7-12)19-16(22)11(2)20(15)3/h4-5,7,10-11,13H,6,8-9H2,1-3H3,(H,19,22)(H,24,25). The van der Waals surface area contributed by atoms with Crippen molar-refractivity contribution in [1.82, 2.24) is 4.90 Å². The minimum Gasteiger partial charge on any atom is -0.481 e. The topological polar surface area (TPSA) is 90.0 Å². The van der Waals surface area contributed by atoms with Gasteiger partial charge < -0.3 is 20.2 Å². The molecule has 7 heteroatoms. The van der Waals surface area contributed by atoms with E-state index in [1.807, 2.05) is 31.9 Å².